The zero-order chi connectivity index (χ0) is 19.2. The number of nitrogens with one attached hydrogen (secondary N) is 1. The molecule has 1 amide bonds. The second-order valence-corrected chi connectivity index (χ2v) is 6.64. The summed E-state index contributed by atoms with van der Waals surface area (Å²) >= 11 is 0. The molecule has 0 aliphatic carbocycles. The van der Waals surface area contributed by atoms with Crippen molar-refractivity contribution in [2.45, 2.75) is 6.54 Å². The minimum Gasteiger partial charge on any atom is -0.304 e. The molecule has 0 aliphatic rings. The highest BCUT2D eigenvalue weighted by molar-refractivity contribution is 6.01. The first-order chi connectivity index (χ1) is 13.8. The highest BCUT2D eigenvalue weighted by Crippen LogP contribution is 2.25. The minimum absolute atomic E-state index is 0.0117. The Morgan fingerprint density at radius 2 is 1.25 bits per heavy atom. The maximum atomic E-state index is 13.1. The molecule has 0 unspecified atom stereocenters. The van der Waals surface area contributed by atoms with Crippen molar-refractivity contribution in [2.24, 2.45) is 0 Å². The maximum Gasteiger partial charge on any atom is 0.245 e. The number of hydrogen-bond donors (Lipinski definition) is 1. The van der Waals surface area contributed by atoms with Gasteiger partial charge in [-0.1, -0.05) is 78.9 Å². The lowest BCUT2D eigenvalue weighted by molar-refractivity contribution is -0.117. The van der Waals surface area contributed by atoms with Crippen molar-refractivity contribution in [2.75, 3.05) is 11.4 Å². The van der Waals surface area contributed by atoms with E-state index in [4.69, 9.17) is 0 Å². The van der Waals surface area contributed by atoms with Crippen LogP contribution in [0.4, 0.5) is 11.4 Å². The van der Waals surface area contributed by atoms with E-state index in [0.717, 1.165) is 11.4 Å². The molecule has 138 valence electrons. The SMILES string of the molecule is O=C(CNCc1cccc2ccccc12)N(c1ccccc1)c1ccccc1. The van der Waals surface area contributed by atoms with Crippen LogP contribution in [-0.2, 0) is 11.3 Å². The van der Waals surface area contributed by atoms with Gasteiger partial charge >= 0.3 is 0 Å². The number of amides is 1. The van der Waals surface area contributed by atoms with E-state index < -0.39 is 0 Å². The summed E-state index contributed by atoms with van der Waals surface area (Å²) in [6, 6.07) is 34.1. The lowest BCUT2D eigenvalue weighted by atomic mass is 10.0. The number of rotatable bonds is 6. The van der Waals surface area contributed by atoms with Crippen LogP contribution >= 0.6 is 0 Å². The predicted octanol–water partition coefficient (Wildman–Crippen LogP) is 5.29. The summed E-state index contributed by atoms with van der Waals surface area (Å²) in [5, 5.41) is 5.75. The quantitative estimate of drug-likeness (QED) is 0.502. The maximum absolute atomic E-state index is 13.1. The molecule has 4 aromatic rings. The van der Waals surface area contributed by atoms with E-state index in [1.807, 2.05) is 72.8 Å². The molecule has 0 heterocycles. The first-order valence-electron chi connectivity index (χ1n) is 9.43. The van der Waals surface area contributed by atoms with Crippen LogP contribution in [0.1, 0.15) is 5.56 Å². The van der Waals surface area contributed by atoms with Crippen LogP contribution in [0.25, 0.3) is 10.8 Å². The van der Waals surface area contributed by atoms with Gasteiger partial charge in [-0.2, -0.15) is 0 Å². The van der Waals surface area contributed by atoms with Crippen LogP contribution in [0.2, 0.25) is 0 Å². The van der Waals surface area contributed by atoms with Gasteiger partial charge in [0.1, 0.15) is 0 Å². The van der Waals surface area contributed by atoms with Crippen molar-refractivity contribution in [3.63, 3.8) is 0 Å². The molecule has 3 nitrogen and oxygen atoms in total. The molecule has 0 saturated heterocycles. The molecule has 0 saturated carbocycles. The van der Waals surface area contributed by atoms with Crippen molar-refractivity contribution in [3.05, 3.63) is 109 Å². The van der Waals surface area contributed by atoms with E-state index >= 15 is 0 Å². The Bertz CT molecular complexity index is 1020. The normalized spacial score (nSPS) is 10.7. The number of fused-ring (bicyclic) bond motifs is 1. The monoisotopic (exact) mass is 366 g/mol. The Hall–Kier alpha value is -3.43. The molecule has 0 bridgehead atoms. The Morgan fingerprint density at radius 1 is 0.679 bits per heavy atom. The number of benzene rings is 4. The Labute approximate surface area is 165 Å². The highest BCUT2D eigenvalue weighted by atomic mass is 16.2. The Balaban J connectivity index is 1.50. The van der Waals surface area contributed by atoms with Crippen LogP contribution < -0.4 is 10.2 Å². The number of anilines is 2. The summed E-state index contributed by atoms with van der Waals surface area (Å²) in [4.78, 5) is 14.8. The van der Waals surface area contributed by atoms with E-state index in [0.29, 0.717) is 6.54 Å². The fraction of sp³-hybridized carbons (Fsp3) is 0.0800. The molecule has 4 rings (SSSR count). The van der Waals surface area contributed by atoms with E-state index in [9.17, 15) is 4.79 Å². The molecule has 1 N–H and O–H groups in total. The molecule has 0 radical (unpaired) electrons. The number of nitrogens with zero attached hydrogens (tertiary/aromatic N) is 1. The Kier molecular flexibility index (Phi) is 5.46. The predicted molar refractivity (Wildman–Crippen MR) is 116 cm³/mol. The fourth-order valence-electron chi connectivity index (χ4n) is 3.42. The van der Waals surface area contributed by atoms with Crippen LogP contribution in [0.5, 0.6) is 0 Å². The van der Waals surface area contributed by atoms with Gasteiger partial charge < -0.3 is 5.32 Å². The van der Waals surface area contributed by atoms with E-state index in [1.165, 1.54) is 16.3 Å². The third kappa shape index (κ3) is 3.95. The van der Waals surface area contributed by atoms with Crippen LogP contribution in [0, 0.1) is 0 Å². The molecule has 28 heavy (non-hydrogen) atoms. The van der Waals surface area contributed by atoms with E-state index in [-0.39, 0.29) is 12.5 Å². The lowest BCUT2D eigenvalue weighted by Crippen LogP contribution is -2.35. The lowest BCUT2D eigenvalue weighted by Gasteiger charge is -2.23. The summed E-state index contributed by atoms with van der Waals surface area (Å²) in [7, 11) is 0. The highest BCUT2D eigenvalue weighted by Gasteiger charge is 2.17. The van der Waals surface area contributed by atoms with Gasteiger partial charge in [0.15, 0.2) is 0 Å². The smallest absolute Gasteiger partial charge is 0.245 e. The van der Waals surface area contributed by atoms with Gasteiger partial charge in [-0.3, -0.25) is 9.69 Å². The van der Waals surface area contributed by atoms with Crippen molar-refractivity contribution >= 4 is 28.1 Å². The number of para-hydroxylation sites is 2. The van der Waals surface area contributed by atoms with Gasteiger partial charge in [0, 0.05) is 17.9 Å². The summed E-state index contributed by atoms with van der Waals surface area (Å²) in [5.74, 6) is 0.0117. The van der Waals surface area contributed by atoms with Crippen LogP contribution in [0.15, 0.2) is 103 Å². The van der Waals surface area contributed by atoms with Crippen molar-refractivity contribution in [1.82, 2.24) is 5.32 Å². The average Bonchev–Trinajstić information content (AvgIpc) is 2.76. The van der Waals surface area contributed by atoms with Gasteiger partial charge in [0.05, 0.1) is 6.54 Å². The van der Waals surface area contributed by atoms with Gasteiger partial charge in [-0.05, 0) is 40.6 Å². The van der Waals surface area contributed by atoms with Crippen molar-refractivity contribution in [3.8, 4) is 0 Å². The minimum atomic E-state index is 0.0117. The van der Waals surface area contributed by atoms with E-state index in [1.54, 1.807) is 4.90 Å². The van der Waals surface area contributed by atoms with Gasteiger partial charge in [-0.25, -0.2) is 0 Å². The second-order valence-electron chi connectivity index (χ2n) is 6.64. The Morgan fingerprint density at radius 3 is 1.93 bits per heavy atom. The van der Waals surface area contributed by atoms with Crippen LogP contribution in [0.3, 0.4) is 0 Å². The van der Waals surface area contributed by atoms with Crippen molar-refractivity contribution < 1.29 is 4.79 Å². The summed E-state index contributed by atoms with van der Waals surface area (Å²) < 4.78 is 0. The standard InChI is InChI=1S/C25H22N2O/c28-25(19-26-18-21-12-9-11-20-10-7-8-17-24(20)21)27(22-13-3-1-4-14-22)23-15-5-2-6-16-23/h1-17,26H,18-19H2. The topological polar surface area (TPSA) is 32.3 Å². The summed E-state index contributed by atoms with van der Waals surface area (Å²) in [6.45, 7) is 0.900. The van der Waals surface area contributed by atoms with Gasteiger partial charge in [-0.15, -0.1) is 0 Å². The molecular formula is C25H22N2O. The number of carbonyl (C=O) groups excluding carboxylic acids is 1. The fourth-order valence-corrected chi connectivity index (χ4v) is 3.42. The molecule has 0 aromatic heterocycles. The van der Waals surface area contributed by atoms with Crippen LogP contribution in [-0.4, -0.2) is 12.5 Å². The third-order valence-corrected chi connectivity index (χ3v) is 4.75. The largest absolute Gasteiger partial charge is 0.304 e. The zero-order valence-electron chi connectivity index (χ0n) is 15.6. The third-order valence-electron chi connectivity index (χ3n) is 4.75. The van der Waals surface area contributed by atoms with Gasteiger partial charge in [0.2, 0.25) is 5.91 Å². The summed E-state index contributed by atoms with van der Waals surface area (Å²) in [6.07, 6.45) is 0. The zero-order valence-corrected chi connectivity index (χ0v) is 15.6. The molecule has 4 aromatic carbocycles. The first kappa shape index (κ1) is 18.0. The number of carbonyl (C=O) groups is 1. The molecule has 0 aliphatic heterocycles. The second kappa shape index (κ2) is 8.51. The first-order valence-corrected chi connectivity index (χ1v) is 9.43. The number of hydrogen-bond acceptors (Lipinski definition) is 2. The summed E-state index contributed by atoms with van der Waals surface area (Å²) in [5.41, 5.74) is 2.92. The van der Waals surface area contributed by atoms with E-state index in [2.05, 4.69) is 35.6 Å². The van der Waals surface area contributed by atoms with Gasteiger partial charge in [0.25, 0.3) is 0 Å². The molecule has 0 fully saturated rings. The molecular weight excluding hydrogens is 344 g/mol. The molecule has 0 spiro atoms. The molecule has 3 heteroatoms. The average molecular weight is 366 g/mol. The molecule has 0 atom stereocenters. The van der Waals surface area contributed by atoms with Crippen molar-refractivity contribution in [1.29, 1.82) is 0 Å².